The number of carbonyl (C=O) groups excluding carboxylic acids is 1. The fourth-order valence-electron chi connectivity index (χ4n) is 3.19. The summed E-state index contributed by atoms with van der Waals surface area (Å²) in [6.07, 6.45) is 6.01. The lowest BCUT2D eigenvalue weighted by Gasteiger charge is -2.32. The zero-order chi connectivity index (χ0) is 15.7. The molecule has 5 nitrogen and oxygen atoms in total. The predicted molar refractivity (Wildman–Crippen MR) is 87.4 cm³/mol. The lowest BCUT2D eigenvalue weighted by atomic mass is 9.97. The van der Waals surface area contributed by atoms with E-state index in [0.29, 0.717) is 5.92 Å². The van der Waals surface area contributed by atoms with E-state index in [9.17, 15) is 4.79 Å². The van der Waals surface area contributed by atoms with Gasteiger partial charge in [0.1, 0.15) is 10.7 Å². The Morgan fingerprint density at radius 3 is 2.95 bits per heavy atom. The molecule has 2 aromatic heterocycles. The van der Waals surface area contributed by atoms with Crippen molar-refractivity contribution in [2.75, 3.05) is 13.1 Å². The molecular formula is C16H22N4OS. The molecule has 1 saturated heterocycles. The Morgan fingerprint density at radius 1 is 1.45 bits per heavy atom. The fourth-order valence-corrected chi connectivity index (χ4v) is 4.08. The Bertz CT molecular complexity index is 675. The van der Waals surface area contributed by atoms with Crippen LogP contribution in [0.4, 0.5) is 0 Å². The average molecular weight is 318 g/mol. The minimum absolute atomic E-state index is 0.127. The molecule has 3 rings (SSSR count). The van der Waals surface area contributed by atoms with Crippen molar-refractivity contribution in [3.8, 4) is 0 Å². The Hall–Kier alpha value is -1.69. The van der Waals surface area contributed by atoms with Crippen molar-refractivity contribution in [2.24, 2.45) is 0 Å². The quantitative estimate of drug-likeness (QED) is 0.874. The summed E-state index contributed by atoms with van der Waals surface area (Å²) in [4.78, 5) is 24.4. The number of aromatic nitrogens is 3. The number of rotatable bonds is 3. The number of hydrogen-bond acceptors (Lipinski definition) is 4. The van der Waals surface area contributed by atoms with Crippen LogP contribution >= 0.6 is 11.3 Å². The van der Waals surface area contributed by atoms with E-state index in [1.54, 1.807) is 0 Å². The zero-order valence-corrected chi connectivity index (χ0v) is 14.2. The second kappa shape index (κ2) is 6.20. The topological polar surface area (TPSA) is 51.0 Å². The molecule has 0 saturated carbocycles. The summed E-state index contributed by atoms with van der Waals surface area (Å²) in [5.74, 6) is 1.57. The first-order chi connectivity index (χ1) is 10.6. The molecule has 0 aromatic carbocycles. The molecule has 3 heterocycles. The summed E-state index contributed by atoms with van der Waals surface area (Å²) in [5, 5.41) is 0.955. The second-order valence-corrected chi connectivity index (χ2v) is 7.01. The van der Waals surface area contributed by atoms with Gasteiger partial charge in [-0.3, -0.25) is 4.79 Å². The first kappa shape index (κ1) is 15.2. The molecule has 22 heavy (non-hydrogen) atoms. The highest BCUT2D eigenvalue weighted by molar-refractivity contribution is 7.13. The van der Waals surface area contributed by atoms with E-state index in [2.05, 4.69) is 21.5 Å². The minimum Gasteiger partial charge on any atom is -0.337 e. The number of likely N-dealkylation sites (tertiary alicyclic amines) is 1. The van der Waals surface area contributed by atoms with Gasteiger partial charge in [-0.05, 0) is 33.6 Å². The minimum atomic E-state index is 0.127. The van der Waals surface area contributed by atoms with Crippen LogP contribution in [0.3, 0.4) is 0 Å². The van der Waals surface area contributed by atoms with Gasteiger partial charge in [0.25, 0.3) is 5.91 Å². The van der Waals surface area contributed by atoms with Gasteiger partial charge < -0.3 is 9.47 Å². The van der Waals surface area contributed by atoms with Gasteiger partial charge >= 0.3 is 0 Å². The molecule has 1 aliphatic heterocycles. The maximum Gasteiger partial charge on any atom is 0.265 e. The van der Waals surface area contributed by atoms with Gasteiger partial charge in [0.05, 0.1) is 10.7 Å². The van der Waals surface area contributed by atoms with Crippen LogP contribution in [0.5, 0.6) is 0 Å². The number of thiazole rings is 1. The smallest absolute Gasteiger partial charge is 0.265 e. The van der Waals surface area contributed by atoms with Crippen molar-refractivity contribution < 1.29 is 4.79 Å². The summed E-state index contributed by atoms with van der Waals surface area (Å²) in [6.45, 7) is 8.51. The van der Waals surface area contributed by atoms with Gasteiger partial charge in [-0.15, -0.1) is 11.3 Å². The average Bonchev–Trinajstić information content (AvgIpc) is 3.12. The summed E-state index contributed by atoms with van der Waals surface area (Å²) in [6, 6.07) is 0. The molecule has 1 atom stereocenters. The number of piperidine rings is 1. The van der Waals surface area contributed by atoms with Gasteiger partial charge in [0.15, 0.2) is 0 Å². The lowest BCUT2D eigenvalue weighted by molar-refractivity contribution is 0.0707. The summed E-state index contributed by atoms with van der Waals surface area (Å²) in [5.41, 5.74) is 0.852. The molecule has 2 aromatic rings. The van der Waals surface area contributed by atoms with Gasteiger partial charge in [-0.2, -0.15) is 0 Å². The molecule has 6 heteroatoms. The van der Waals surface area contributed by atoms with E-state index >= 15 is 0 Å². The molecular weight excluding hydrogens is 296 g/mol. The standard InChI is InChI=1S/C16H22N4OS/c1-4-19-9-7-17-15(19)13-6-5-8-20(10-13)16(21)14-11(2)18-12(3)22-14/h7,9,13H,4-6,8,10H2,1-3H3. The van der Waals surface area contributed by atoms with E-state index in [-0.39, 0.29) is 5.91 Å². The monoisotopic (exact) mass is 318 g/mol. The van der Waals surface area contributed by atoms with E-state index in [1.165, 1.54) is 11.3 Å². The number of aryl methyl sites for hydroxylation is 3. The third-order valence-electron chi connectivity index (χ3n) is 4.26. The summed E-state index contributed by atoms with van der Waals surface area (Å²) in [7, 11) is 0. The van der Waals surface area contributed by atoms with Crippen LogP contribution < -0.4 is 0 Å². The Labute approximate surface area is 135 Å². The predicted octanol–water partition coefficient (Wildman–Crippen LogP) is 3.00. The molecule has 0 aliphatic carbocycles. The van der Waals surface area contributed by atoms with Crippen LogP contribution in [0.15, 0.2) is 12.4 Å². The van der Waals surface area contributed by atoms with Crippen LogP contribution in [0.25, 0.3) is 0 Å². The van der Waals surface area contributed by atoms with Crippen LogP contribution in [-0.2, 0) is 6.54 Å². The Morgan fingerprint density at radius 2 is 2.27 bits per heavy atom. The summed E-state index contributed by atoms with van der Waals surface area (Å²) >= 11 is 1.50. The van der Waals surface area contributed by atoms with Gasteiger partial charge in [-0.25, -0.2) is 9.97 Å². The molecule has 1 amide bonds. The largest absolute Gasteiger partial charge is 0.337 e. The van der Waals surface area contributed by atoms with E-state index in [4.69, 9.17) is 0 Å². The first-order valence-corrected chi connectivity index (χ1v) is 8.66. The van der Waals surface area contributed by atoms with Crippen molar-refractivity contribution >= 4 is 17.2 Å². The van der Waals surface area contributed by atoms with Crippen molar-refractivity contribution in [3.63, 3.8) is 0 Å². The number of imidazole rings is 1. The fraction of sp³-hybridized carbons (Fsp3) is 0.562. The third kappa shape index (κ3) is 2.79. The Balaban J connectivity index is 1.78. The Kier molecular flexibility index (Phi) is 4.29. The van der Waals surface area contributed by atoms with Gasteiger partial charge in [0.2, 0.25) is 0 Å². The first-order valence-electron chi connectivity index (χ1n) is 7.84. The zero-order valence-electron chi connectivity index (χ0n) is 13.4. The van der Waals surface area contributed by atoms with Crippen LogP contribution in [0.2, 0.25) is 0 Å². The van der Waals surface area contributed by atoms with E-state index in [1.807, 2.05) is 31.1 Å². The van der Waals surface area contributed by atoms with Crippen LogP contribution in [0.1, 0.15) is 51.9 Å². The van der Waals surface area contributed by atoms with Gasteiger partial charge in [0, 0.05) is 37.9 Å². The van der Waals surface area contributed by atoms with Crippen LogP contribution in [-0.4, -0.2) is 38.4 Å². The number of carbonyl (C=O) groups is 1. The molecule has 1 fully saturated rings. The summed E-state index contributed by atoms with van der Waals surface area (Å²) < 4.78 is 2.18. The third-order valence-corrected chi connectivity index (χ3v) is 5.32. The molecule has 0 spiro atoms. The molecule has 0 bridgehead atoms. The van der Waals surface area contributed by atoms with Crippen molar-refractivity contribution in [2.45, 2.75) is 46.1 Å². The highest BCUT2D eigenvalue weighted by Crippen LogP contribution is 2.28. The maximum atomic E-state index is 12.8. The van der Waals surface area contributed by atoms with Crippen molar-refractivity contribution in [1.82, 2.24) is 19.4 Å². The molecule has 0 N–H and O–H groups in total. The van der Waals surface area contributed by atoms with E-state index < -0.39 is 0 Å². The normalized spacial score (nSPS) is 18.7. The number of nitrogens with zero attached hydrogens (tertiary/aromatic N) is 4. The van der Waals surface area contributed by atoms with Crippen molar-refractivity contribution in [1.29, 1.82) is 0 Å². The maximum absolute atomic E-state index is 12.8. The highest BCUT2D eigenvalue weighted by atomic mass is 32.1. The van der Waals surface area contributed by atoms with E-state index in [0.717, 1.165) is 53.9 Å². The SMILES string of the molecule is CCn1ccnc1C1CCCN(C(=O)c2sc(C)nc2C)C1. The van der Waals surface area contributed by atoms with Gasteiger partial charge in [-0.1, -0.05) is 0 Å². The molecule has 0 radical (unpaired) electrons. The lowest BCUT2D eigenvalue weighted by Crippen LogP contribution is -2.39. The molecule has 118 valence electrons. The highest BCUT2D eigenvalue weighted by Gasteiger charge is 2.29. The molecule has 1 unspecified atom stereocenters. The number of hydrogen-bond donors (Lipinski definition) is 0. The second-order valence-electron chi connectivity index (χ2n) is 5.81. The molecule has 1 aliphatic rings. The van der Waals surface area contributed by atoms with Crippen LogP contribution in [0, 0.1) is 13.8 Å². The number of amides is 1. The van der Waals surface area contributed by atoms with Crippen molar-refractivity contribution in [3.05, 3.63) is 33.8 Å².